The van der Waals surface area contributed by atoms with E-state index in [1.165, 1.54) is 12.5 Å². The SMILES string of the molecule is O=S([O-])Nc1ccc(-c2cnc(-n3ccc4c(Cl)ncnc43)nc2)cn1. The van der Waals surface area contributed by atoms with E-state index in [4.69, 9.17) is 11.6 Å². The Morgan fingerprint density at radius 1 is 1.00 bits per heavy atom. The summed E-state index contributed by atoms with van der Waals surface area (Å²) in [6.07, 6.45) is 7.97. The van der Waals surface area contributed by atoms with E-state index < -0.39 is 11.3 Å². The second-order valence-electron chi connectivity index (χ2n) is 5.13. The highest BCUT2D eigenvalue weighted by atomic mass is 35.5. The monoisotopic (exact) mass is 386 g/mol. The first-order chi connectivity index (χ1) is 12.6. The van der Waals surface area contributed by atoms with Crippen molar-refractivity contribution in [1.82, 2.24) is 29.5 Å². The number of rotatable bonds is 4. The lowest BCUT2D eigenvalue weighted by Gasteiger charge is -2.08. The number of hydrogen-bond donors (Lipinski definition) is 1. The summed E-state index contributed by atoms with van der Waals surface area (Å²) in [5.74, 6) is 0.668. The van der Waals surface area contributed by atoms with Crippen LogP contribution in [-0.2, 0) is 11.3 Å². The van der Waals surface area contributed by atoms with E-state index >= 15 is 0 Å². The number of fused-ring (bicyclic) bond motifs is 1. The minimum Gasteiger partial charge on any atom is -0.755 e. The summed E-state index contributed by atoms with van der Waals surface area (Å²) in [6, 6.07) is 5.07. The van der Waals surface area contributed by atoms with Crippen LogP contribution in [0.15, 0.2) is 49.3 Å². The number of nitrogens with one attached hydrogen (secondary N) is 1. The van der Waals surface area contributed by atoms with Crippen molar-refractivity contribution in [3.8, 4) is 17.1 Å². The highest BCUT2D eigenvalue weighted by Gasteiger charge is 2.10. The van der Waals surface area contributed by atoms with Crippen molar-refractivity contribution >= 4 is 39.7 Å². The molecule has 4 heterocycles. The van der Waals surface area contributed by atoms with Gasteiger partial charge in [0.1, 0.15) is 17.3 Å². The fourth-order valence-electron chi connectivity index (χ4n) is 2.39. The Bertz CT molecular complexity index is 1100. The average molecular weight is 387 g/mol. The highest BCUT2D eigenvalue weighted by Crippen LogP contribution is 2.23. The molecule has 9 nitrogen and oxygen atoms in total. The predicted octanol–water partition coefficient (Wildman–Crippen LogP) is 2.13. The Morgan fingerprint density at radius 2 is 1.77 bits per heavy atom. The molecule has 0 aliphatic heterocycles. The maximum atomic E-state index is 10.6. The van der Waals surface area contributed by atoms with Crippen molar-refractivity contribution in [3.05, 3.63) is 54.5 Å². The highest BCUT2D eigenvalue weighted by molar-refractivity contribution is 7.80. The molecule has 0 saturated carbocycles. The quantitative estimate of drug-likeness (QED) is 0.421. The van der Waals surface area contributed by atoms with Gasteiger partial charge in [-0.25, -0.2) is 24.9 Å². The van der Waals surface area contributed by atoms with Gasteiger partial charge in [-0.15, -0.1) is 0 Å². The first-order valence-corrected chi connectivity index (χ1v) is 8.69. The van der Waals surface area contributed by atoms with Crippen LogP contribution in [-0.4, -0.2) is 38.2 Å². The Balaban J connectivity index is 1.64. The molecule has 0 bridgehead atoms. The standard InChI is InChI=1S/C15H10ClN7O2S/c16-13-11-3-4-23(14(11)21-8-20-13)15-18-6-10(7-19-15)9-1-2-12(17-5-9)22-26(24)25/h1-8H,(H,17,22)(H,24,25)/p-1. The lowest BCUT2D eigenvalue weighted by atomic mass is 10.1. The summed E-state index contributed by atoms with van der Waals surface area (Å²) in [5.41, 5.74) is 2.10. The van der Waals surface area contributed by atoms with Crippen LogP contribution in [0.2, 0.25) is 5.15 Å². The van der Waals surface area contributed by atoms with Gasteiger partial charge in [-0.3, -0.25) is 8.78 Å². The van der Waals surface area contributed by atoms with Crippen LogP contribution in [0, 0.1) is 0 Å². The van der Waals surface area contributed by atoms with Crippen molar-refractivity contribution in [2.75, 3.05) is 4.72 Å². The topological polar surface area (TPSA) is 122 Å². The Labute approximate surface area is 154 Å². The smallest absolute Gasteiger partial charge is 0.235 e. The minimum atomic E-state index is -2.41. The largest absolute Gasteiger partial charge is 0.755 e. The summed E-state index contributed by atoms with van der Waals surface area (Å²) in [4.78, 5) is 20.9. The minimum absolute atomic E-state index is 0.231. The van der Waals surface area contributed by atoms with E-state index in [-0.39, 0.29) is 5.82 Å². The molecule has 1 N–H and O–H groups in total. The van der Waals surface area contributed by atoms with Gasteiger partial charge in [0.05, 0.1) is 5.39 Å². The van der Waals surface area contributed by atoms with E-state index in [0.29, 0.717) is 22.1 Å². The first-order valence-electron chi connectivity index (χ1n) is 7.24. The van der Waals surface area contributed by atoms with Gasteiger partial charge >= 0.3 is 0 Å². The molecule has 4 aromatic rings. The molecule has 4 aromatic heterocycles. The van der Waals surface area contributed by atoms with Gasteiger partial charge in [-0.1, -0.05) is 11.6 Å². The third kappa shape index (κ3) is 3.12. The molecule has 1 atom stereocenters. The molecule has 0 radical (unpaired) electrons. The Morgan fingerprint density at radius 3 is 2.46 bits per heavy atom. The first kappa shape index (κ1) is 16.5. The Hall–Kier alpha value is -2.95. The van der Waals surface area contributed by atoms with Crippen LogP contribution in [0.4, 0.5) is 5.82 Å². The van der Waals surface area contributed by atoms with E-state index in [9.17, 15) is 8.76 Å². The summed E-state index contributed by atoms with van der Waals surface area (Å²) >= 11 is 3.64. The molecule has 1 unspecified atom stereocenters. The molecule has 130 valence electrons. The predicted molar refractivity (Wildman–Crippen MR) is 95.2 cm³/mol. The van der Waals surface area contributed by atoms with Crippen LogP contribution in [0.25, 0.3) is 28.1 Å². The van der Waals surface area contributed by atoms with Crippen molar-refractivity contribution in [2.24, 2.45) is 0 Å². The maximum absolute atomic E-state index is 10.6. The molecule has 0 aliphatic rings. The zero-order valence-electron chi connectivity index (χ0n) is 12.9. The van der Waals surface area contributed by atoms with Gasteiger partial charge in [0.25, 0.3) is 0 Å². The van der Waals surface area contributed by atoms with Gasteiger partial charge in [0.2, 0.25) is 5.95 Å². The molecule has 26 heavy (non-hydrogen) atoms. The normalized spacial score (nSPS) is 12.2. The summed E-state index contributed by atoms with van der Waals surface area (Å²) < 4.78 is 25.1. The lowest BCUT2D eigenvalue weighted by Crippen LogP contribution is -2.04. The number of aromatic nitrogens is 6. The van der Waals surface area contributed by atoms with Gasteiger partial charge in [0.15, 0.2) is 5.65 Å². The fourth-order valence-corrected chi connectivity index (χ4v) is 2.87. The maximum Gasteiger partial charge on any atom is 0.235 e. The zero-order valence-corrected chi connectivity index (χ0v) is 14.5. The second-order valence-corrected chi connectivity index (χ2v) is 6.16. The molecule has 0 aromatic carbocycles. The van der Waals surface area contributed by atoms with E-state index in [0.717, 1.165) is 11.1 Å². The van der Waals surface area contributed by atoms with Gasteiger partial charge < -0.3 is 9.27 Å². The average Bonchev–Trinajstić information content (AvgIpc) is 3.08. The van der Waals surface area contributed by atoms with Crippen LogP contribution in [0.5, 0.6) is 0 Å². The number of nitrogens with zero attached hydrogens (tertiary/aromatic N) is 6. The molecule has 0 aliphatic carbocycles. The molecular formula is C15H9ClN7O2S-. The number of halogens is 1. The molecule has 4 rings (SSSR count). The second kappa shape index (κ2) is 6.75. The summed E-state index contributed by atoms with van der Waals surface area (Å²) in [7, 11) is 0. The van der Waals surface area contributed by atoms with Gasteiger partial charge in [-0.05, 0) is 18.2 Å². The summed E-state index contributed by atoms with van der Waals surface area (Å²) in [5, 5.41) is 1.08. The van der Waals surface area contributed by atoms with E-state index in [1.807, 2.05) is 0 Å². The van der Waals surface area contributed by atoms with Crippen LogP contribution in [0.1, 0.15) is 0 Å². The summed E-state index contributed by atoms with van der Waals surface area (Å²) in [6.45, 7) is 0. The third-order valence-corrected chi connectivity index (χ3v) is 4.25. The van der Waals surface area contributed by atoms with Crippen molar-refractivity contribution in [1.29, 1.82) is 0 Å². The van der Waals surface area contributed by atoms with E-state index in [1.54, 1.807) is 41.4 Å². The van der Waals surface area contributed by atoms with Crippen LogP contribution < -0.4 is 4.72 Å². The lowest BCUT2D eigenvalue weighted by molar-refractivity contribution is 0.542. The van der Waals surface area contributed by atoms with Crippen molar-refractivity contribution in [2.45, 2.75) is 0 Å². The van der Waals surface area contributed by atoms with Gasteiger partial charge in [-0.2, -0.15) is 0 Å². The number of hydrogen-bond acceptors (Lipinski definition) is 7. The molecule has 0 saturated heterocycles. The van der Waals surface area contributed by atoms with Crippen LogP contribution >= 0.6 is 11.6 Å². The zero-order chi connectivity index (χ0) is 18.1. The molecule has 0 amide bonds. The Kier molecular flexibility index (Phi) is 4.29. The number of anilines is 1. The van der Waals surface area contributed by atoms with Gasteiger partial charge in [0, 0.05) is 47.2 Å². The third-order valence-electron chi connectivity index (χ3n) is 3.57. The molecule has 0 spiro atoms. The molecule has 0 fully saturated rings. The number of pyridine rings is 1. The fraction of sp³-hybridized carbons (Fsp3) is 0. The van der Waals surface area contributed by atoms with E-state index in [2.05, 4.69) is 29.6 Å². The molecule has 11 heteroatoms. The van der Waals surface area contributed by atoms with Crippen molar-refractivity contribution < 1.29 is 8.76 Å². The van der Waals surface area contributed by atoms with Crippen LogP contribution in [0.3, 0.4) is 0 Å². The molecular weight excluding hydrogens is 378 g/mol. The van der Waals surface area contributed by atoms with Crippen molar-refractivity contribution in [3.63, 3.8) is 0 Å².